The first-order valence-corrected chi connectivity index (χ1v) is 6.64. The van der Waals surface area contributed by atoms with Crippen molar-refractivity contribution in [3.05, 3.63) is 28.8 Å². The van der Waals surface area contributed by atoms with E-state index >= 15 is 0 Å². The molecule has 2 rings (SSSR count). The van der Waals surface area contributed by atoms with Crippen molar-refractivity contribution in [2.75, 3.05) is 0 Å². The van der Waals surface area contributed by atoms with Crippen LogP contribution in [0.1, 0.15) is 54.7 Å². The van der Waals surface area contributed by atoms with Crippen LogP contribution in [0.25, 0.3) is 0 Å². The molecule has 1 aromatic rings. The zero-order valence-corrected chi connectivity index (χ0v) is 11.0. The Hall–Kier alpha value is -1.12. The first kappa shape index (κ1) is 13.3. The topological polar surface area (TPSA) is 9.23 Å². The van der Waals surface area contributed by atoms with Gasteiger partial charge in [0.2, 0.25) is 0 Å². The van der Waals surface area contributed by atoms with E-state index in [0.717, 1.165) is 11.1 Å². The van der Waals surface area contributed by atoms with Crippen molar-refractivity contribution in [1.82, 2.24) is 0 Å². The molecule has 100 valence electrons. The van der Waals surface area contributed by atoms with Gasteiger partial charge in [-0.2, -0.15) is 8.78 Å². The Labute approximate surface area is 107 Å². The van der Waals surface area contributed by atoms with Gasteiger partial charge in [-0.25, -0.2) is 0 Å². The van der Waals surface area contributed by atoms with Crippen LogP contribution in [0.15, 0.2) is 12.1 Å². The second-order valence-electron chi connectivity index (χ2n) is 5.20. The third-order valence-electron chi connectivity index (χ3n) is 3.77. The second-order valence-corrected chi connectivity index (χ2v) is 5.20. The van der Waals surface area contributed by atoms with Crippen molar-refractivity contribution >= 4 is 0 Å². The van der Waals surface area contributed by atoms with Crippen molar-refractivity contribution in [1.29, 1.82) is 0 Å². The normalized spacial score (nSPS) is 17.2. The van der Waals surface area contributed by atoms with Gasteiger partial charge in [-0.15, -0.1) is 0 Å². The van der Waals surface area contributed by atoms with E-state index in [4.69, 9.17) is 0 Å². The molecule has 0 aliphatic heterocycles. The zero-order chi connectivity index (χ0) is 13.1. The van der Waals surface area contributed by atoms with E-state index in [1.807, 2.05) is 26.0 Å². The molecule has 1 saturated carbocycles. The van der Waals surface area contributed by atoms with Crippen LogP contribution in [0, 0.1) is 13.8 Å². The summed E-state index contributed by atoms with van der Waals surface area (Å²) in [5.74, 6) is 0.932. The molecule has 0 N–H and O–H groups in total. The Morgan fingerprint density at radius 3 is 2.11 bits per heavy atom. The molecule has 1 aliphatic carbocycles. The van der Waals surface area contributed by atoms with Gasteiger partial charge in [0.15, 0.2) is 0 Å². The molecule has 1 fully saturated rings. The summed E-state index contributed by atoms with van der Waals surface area (Å²) >= 11 is 0. The van der Waals surface area contributed by atoms with Crippen molar-refractivity contribution < 1.29 is 13.5 Å². The second kappa shape index (κ2) is 5.68. The standard InChI is InChI=1S/C15H20F2O/c1-10-8-13(12-6-4-3-5-7-12)9-11(2)14(10)18-15(16)17/h8-9,12,15H,3-7H2,1-2H3. The molecule has 0 bridgehead atoms. The smallest absolute Gasteiger partial charge is 0.387 e. The Morgan fingerprint density at radius 2 is 1.61 bits per heavy atom. The average Bonchev–Trinajstić information content (AvgIpc) is 2.34. The molecule has 1 aliphatic rings. The van der Waals surface area contributed by atoms with E-state index in [1.165, 1.54) is 37.7 Å². The molecule has 0 heterocycles. The highest BCUT2D eigenvalue weighted by Gasteiger charge is 2.18. The summed E-state index contributed by atoms with van der Waals surface area (Å²) in [5, 5.41) is 0. The van der Waals surface area contributed by atoms with Crippen molar-refractivity contribution in [2.24, 2.45) is 0 Å². The lowest BCUT2D eigenvalue weighted by Crippen LogP contribution is -2.08. The number of ether oxygens (including phenoxy) is 1. The van der Waals surface area contributed by atoms with E-state index in [0.29, 0.717) is 11.7 Å². The van der Waals surface area contributed by atoms with Crippen LogP contribution in [0.4, 0.5) is 8.78 Å². The Balaban J connectivity index is 2.23. The van der Waals surface area contributed by atoms with Gasteiger partial charge < -0.3 is 4.74 Å². The average molecular weight is 254 g/mol. The first-order valence-electron chi connectivity index (χ1n) is 6.64. The van der Waals surface area contributed by atoms with E-state index < -0.39 is 6.61 Å². The number of rotatable bonds is 3. The number of hydrogen-bond donors (Lipinski definition) is 0. The number of benzene rings is 1. The fourth-order valence-corrected chi connectivity index (χ4v) is 2.93. The maximum absolute atomic E-state index is 12.3. The molecular formula is C15H20F2O. The molecule has 0 unspecified atom stereocenters. The zero-order valence-electron chi connectivity index (χ0n) is 11.0. The molecule has 18 heavy (non-hydrogen) atoms. The summed E-state index contributed by atoms with van der Waals surface area (Å²) in [6.45, 7) is 0.941. The van der Waals surface area contributed by atoms with Gasteiger partial charge in [-0.3, -0.25) is 0 Å². The van der Waals surface area contributed by atoms with Gasteiger partial charge in [-0.05, 0) is 49.3 Å². The van der Waals surface area contributed by atoms with Crippen LogP contribution in [0.3, 0.4) is 0 Å². The highest BCUT2D eigenvalue weighted by atomic mass is 19.3. The fraction of sp³-hybridized carbons (Fsp3) is 0.600. The molecule has 0 spiro atoms. The molecule has 0 atom stereocenters. The number of alkyl halides is 2. The molecule has 0 amide bonds. The lowest BCUT2D eigenvalue weighted by molar-refractivity contribution is -0.0507. The number of aryl methyl sites for hydroxylation is 2. The predicted octanol–water partition coefficient (Wildman–Crippen LogP) is 4.95. The predicted molar refractivity (Wildman–Crippen MR) is 68.4 cm³/mol. The maximum atomic E-state index is 12.3. The Bertz CT molecular complexity index is 386. The van der Waals surface area contributed by atoms with Crippen LogP contribution < -0.4 is 4.74 Å². The van der Waals surface area contributed by atoms with Crippen molar-refractivity contribution in [3.63, 3.8) is 0 Å². The minimum absolute atomic E-state index is 0.338. The number of halogens is 2. The molecule has 0 aromatic heterocycles. The Morgan fingerprint density at radius 1 is 1.06 bits per heavy atom. The third-order valence-corrected chi connectivity index (χ3v) is 3.77. The van der Waals surface area contributed by atoms with Crippen molar-refractivity contribution in [3.8, 4) is 5.75 Å². The molecule has 1 nitrogen and oxygen atoms in total. The van der Waals surface area contributed by atoms with Crippen molar-refractivity contribution in [2.45, 2.75) is 58.5 Å². The van der Waals surface area contributed by atoms with Crippen LogP contribution in [-0.4, -0.2) is 6.61 Å². The molecule has 1 aromatic carbocycles. The summed E-state index contributed by atoms with van der Waals surface area (Å²) in [6.07, 6.45) is 6.30. The molecule has 0 saturated heterocycles. The minimum Gasteiger partial charge on any atom is -0.434 e. The maximum Gasteiger partial charge on any atom is 0.387 e. The molecular weight excluding hydrogens is 234 g/mol. The first-order chi connectivity index (χ1) is 8.58. The third kappa shape index (κ3) is 3.01. The summed E-state index contributed by atoms with van der Waals surface area (Å²) in [7, 11) is 0. The highest BCUT2D eigenvalue weighted by Crippen LogP contribution is 2.36. The van der Waals surface area contributed by atoms with Crippen LogP contribution in [-0.2, 0) is 0 Å². The van der Waals surface area contributed by atoms with Gasteiger partial charge >= 0.3 is 6.61 Å². The highest BCUT2D eigenvalue weighted by molar-refractivity contribution is 5.44. The quantitative estimate of drug-likeness (QED) is 0.741. The van der Waals surface area contributed by atoms with Gasteiger partial charge in [0.1, 0.15) is 5.75 Å². The minimum atomic E-state index is -2.75. The van der Waals surface area contributed by atoms with Crippen LogP contribution in [0.2, 0.25) is 0 Å². The largest absolute Gasteiger partial charge is 0.434 e. The summed E-state index contributed by atoms with van der Waals surface area (Å²) < 4.78 is 29.2. The van der Waals surface area contributed by atoms with E-state index in [-0.39, 0.29) is 0 Å². The van der Waals surface area contributed by atoms with Gasteiger partial charge in [0, 0.05) is 0 Å². The summed E-state index contributed by atoms with van der Waals surface area (Å²) in [4.78, 5) is 0. The molecule has 0 radical (unpaired) electrons. The van der Waals surface area contributed by atoms with Gasteiger partial charge in [0.05, 0.1) is 0 Å². The Kier molecular flexibility index (Phi) is 4.20. The van der Waals surface area contributed by atoms with Gasteiger partial charge in [0.25, 0.3) is 0 Å². The lowest BCUT2D eigenvalue weighted by atomic mass is 9.83. The number of hydrogen-bond acceptors (Lipinski definition) is 1. The van der Waals surface area contributed by atoms with Gasteiger partial charge in [-0.1, -0.05) is 31.4 Å². The van der Waals surface area contributed by atoms with Crippen LogP contribution in [0.5, 0.6) is 5.75 Å². The van der Waals surface area contributed by atoms with E-state index in [2.05, 4.69) is 4.74 Å². The van der Waals surface area contributed by atoms with Crippen LogP contribution >= 0.6 is 0 Å². The SMILES string of the molecule is Cc1cc(C2CCCCC2)cc(C)c1OC(F)F. The van der Waals surface area contributed by atoms with E-state index in [9.17, 15) is 8.78 Å². The fourth-order valence-electron chi connectivity index (χ4n) is 2.93. The summed E-state index contributed by atoms with van der Waals surface area (Å²) in [5.41, 5.74) is 2.91. The lowest BCUT2D eigenvalue weighted by Gasteiger charge is -2.23. The monoisotopic (exact) mass is 254 g/mol. The molecule has 3 heteroatoms. The van der Waals surface area contributed by atoms with E-state index in [1.54, 1.807) is 0 Å². The summed E-state index contributed by atoms with van der Waals surface area (Å²) in [6, 6.07) is 4.03.